The fourth-order valence-corrected chi connectivity index (χ4v) is 3.62. The van der Waals surface area contributed by atoms with Crippen molar-refractivity contribution < 1.29 is 19.4 Å². The van der Waals surface area contributed by atoms with Gasteiger partial charge in [-0.15, -0.1) is 5.10 Å². The van der Waals surface area contributed by atoms with Crippen LogP contribution in [0, 0.1) is 0 Å². The Bertz CT molecular complexity index is 1100. The molecule has 2 atom stereocenters. The van der Waals surface area contributed by atoms with Crippen LogP contribution >= 0.6 is 0 Å². The highest BCUT2D eigenvalue weighted by Gasteiger charge is 2.28. The maximum absolute atomic E-state index is 12.7. The van der Waals surface area contributed by atoms with Crippen molar-refractivity contribution in [3.8, 4) is 0 Å². The zero-order valence-electron chi connectivity index (χ0n) is 18.9. The highest BCUT2D eigenvalue weighted by Crippen LogP contribution is 2.27. The summed E-state index contributed by atoms with van der Waals surface area (Å²) in [5, 5.41) is 22.1. The zero-order valence-corrected chi connectivity index (χ0v) is 18.9. The summed E-state index contributed by atoms with van der Waals surface area (Å²) in [5.74, 6) is -0.705. The molecule has 0 spiro atoms. The molecule has 0 amide bonds. The number of carbonyl (C=O) groups is 2. The lowest BCUT2D eigenvalue weighted by Gasteiger charge is -2.19. The Kier molecular flexibility index (Phi) is 6.93. The van der Waals surface area contributed by atoms with Gasteiger partial charge in [0.1, 0.15) is 5.60 Å². The van der Waals surface area contributed by atoms with E-state index in [4.69, 9.17) is 10.5 Å². The van der Waals surface area contributed by atoms with Crippen LogP contribution in [0.5, 0.6) is 0 Å². The average molecular weight is 443 g/mol. The van der Waals surface area contributed by atoms with Crippen molar-refractivity contribution in [2.24, 2.45) is 5.73 Å². The van der Waals surface area contributed by atoms with Crippen LogP contribution < -0.4 is 5.73 Å². The number of tetrazole rings is 1. The van der Waals surface area contributed by atoms with E-state index in [2.05, 4.69) is 15.5 Å². The molecule has 0 aliphatic rings. The van der Waals surface area contributed by atoms with E-state index in [1.807, 2.05) is 52.0 Å². The predicted octanol–water partition coefficient (Wildman–Crippen LogP) is 3.47. The molecule has 3 N–H and O–H groups in total. The molecule has 1 aromatic carbocycles. The van der Waals surface area contributed by atoms with Gasteiger partial charge in [-0.2, -0.15) is 0 Å². The number of aromatic nitrogens is 5. The van der Waals surface area contributed by atoms with E-state index in [0.29, 0.717) is 24.2 Å². The molecule has 0 radical (unpaired) electrons. The van der Waals surface area contributed by atoms with Crippen molar-refractivity contribution in [1.82, 2.24) is 24.8 Å². The smallest absolute Gasteiger partial charge is 0.419 e. The van der Waals surface area contributed by atoms with Gasteiger partial charge >= 0.3 is 12.1 Å². The first-order valence-corrected chi connectivity index (χ1v) is 10.7. The van der Waals surface area contributed by atoms with Crippen molar-refractivity contribution in [2.75, 3.05) is 0 Å². The summed E-state index contributed by atoms with van der Waals surface area (Å²) in [4.78, 5) is 24.5. The number of hydrogen-bond donors (Lipinski definition) is 2. The summed E-state index contributed by atoms with van der Waals surface area (Å²) in [7, 11) is 0. The first-order valence-electron chi connectivity index (χ1n) is 10.7. The number of para-hydroxylation sites is 1. The number of benzene rings is 1. The van der Waals surface area contributed by atoms with Gasteiger partial charge in [0.25, 0.3) is 0 Å². The molecule has 0 aliphatic carbocycles. The summed E-state index contributed by atoms with van der Waals surface area (Å²) in [6.07, 6.45) is 3.54. The van der Waals surface area contributed by atoms with Crippen molar-refractivity contribution in [1.29, 1.82) is 0 Å². The van der Waals surface area contributed by atoms with Gasteiger partial charge in [0.05, 0.1) is 11.6 Å². The third kappa shape index (κ3) is 5.13. The Morgan fingerprint density at radius 3 is 2.62 bits per heavy atom. The highest BCUT2D eigenvalue weighted by molar-refractivity contribution is 5.92. The number of carboxylic acids is 1. The van der Waals surface area contributed by atoms with Crippen LogP contribution in [-0.4, -0.2) is 47.5 Å². The molecule has 10 nitrogen and oxygen atoms in total. The van der Waals surface area contributed by atoms with Crippen LogP contribution in [0.25, 0.3) is 10.9 Å². The molecule has 0 bridgehead atoms. The molecule has 0 saturated carbocycles. The summed E-state index contributed by atoms with van der Waals surface area (Å²) < 4.78 is 8.29. The molecule has 172 valence electrons. The van der Waals surface area contributed by atoms with E-state index in [0.717, 1.165) is 23.8 Å². The molecule has 0 saturated heterocycles. The molecule has 0 aliphatic heterocycles. The lowest BCUT2D eigenvalue weighted by molar-refractivity contribution is -0.141. The van der Waals surface area contributed by atoms with Crippen LogP contribution in [-0.2, 0) is 16.0 Å². The maximum atomic E-state index is 12.7. The number of unbranched alkanes of at least 4 members (excludes halogenated alkanes) is 1. The topological polar surface area (TPSA) is 138 Å². The SMILES string of the molecule is CCCCC(C(=O)O)n1nnnc1[C@@H](N)Cc1cn(C(=O)OC(C)(C)C)c2ccccc12. The number of carboxylic acid groups (broad SMARTS) is 1. The monoisotopic (exact) mass is 442 g/mol. The van der Waals surface area contributed by atoms with Crippen molar-refractivity contribution >= 4 is 23.0 Å². The van der Waals surface area contributed by atoms with Gasteiger partial charge in [-0.25, -0.2) is 14.3 Å². The Morgan fingerprint density at radius 1 is 1.25 bits per heavy atom. The first kappa shape index (κ1) is 23.4. The number of ether oxygens (including phenoxy) is 1. The fraction of sp³-hybridized carbons (Fsp3) is 0.500. The molecular weight excluding hydrogens is 412 g/mol. The van der Waals surface area contributed by atoms with Crippen molar-refractivity contribution in [2.45, 2.75) is 71.1 Å². The van der Waals surface area contributed by atoms with Gasteiger partial charge in [-0.3, -0.25) is 4.57 Å². The van der Waals surface area contributed by atoms with Gasteiger partial charge in [-0.05, 0) is 55.7 Å². The second-order valence-electron chi connectivity index (χ2n) is 8.81. The van der Waals surface area contributed by atoms with Crippen molar-refractivity contribution in [3.63, 3.8) is 0 Å². The van der Waals surface area contributed by atoms with E-state index in [1.165, 1.54) is 9.25 Å². The maximum Gasteiger partial charge on any atom is 0.419 e. The zero-order chi connectivity index (χ0) is 23.5. The molecule has 2 aromatic heterocycles. The number of nitrogens with zero attached hydrogens (tertiary/aromatic N) is 5. The molecule has 32 heavy (non-hydrogen) atoms. The number of fused-ring (bicyclic) bond motifs is 1. The third-order valence-corrected chi connectivity index (χ3v) is 5.09. The van der Waals surface area contributed by atoms with Crippen LogP contribution in [0.15, 0.2) is 30.5 Å². The molecule has 1 unspecified atom stereocenters. The first-order chi connectivity index (χ1) is 15.1. The molecular formula is C22H30N6O4. The van der Waals surface area contributed by atoms with Crippen LogP contribution in [0.1, 0.15) is 70.4 Å². The molecule has 0 fully saturated rings. The van der Waals surface area contributed by atoms with E-state index >= 15 is 0 Å². The second-order valence-corrected chi connectivity index (χ2v) is 8.81. The highest BCUT2D eigenvalue weighted by atomic mass is 16.6. The summed E-state index contributed by atoms with van der Waals surface area (Å²) in [6.45, 7) is 7.42. The van der Waals surface area contributed by atoms with Crippen molar-refractivity contribution in [3.05, 3.63) is 41.9 Å². The third-order valence-electron chi connectivity index (χ3n) is 5.09. The van der Waals surface area contributed by atoms with E-state index in [1.54, 1.807) is 6.20 Å². The largest absolute Gasteiger partial charge is 0.480 e. The van der Waals surface area contributed by atoms with Crippen LogP contribution in [0.2, 0.25) is 0 Å². The minimum atomic E-state index is -0.999. The molecule has 10 heteroatoms. The summed E-state index contributed by atoms with van der Waals surface area (Å²) in [5.41, 5.74) is 7.32. The lowest BCUT2D eigenvalue weighted by Crippen LogP contribution is -2.27. The van der Waals surface area contributed by atoms with E-state index in [-0.39, 0.29) is 0 Å². The van der Waals surface area contributed by atoms with Gasteiger partial charge in [-0.1, -0.05) is 38.0 Å². The Balaban J connectivity index is 1.92. The summed E-state index contributed by atoms with van der Waals surface area (Å²) in [6, 6.07) is 5.93. The quantitative estimate of drug-likeness (QED) is 0.541. The van der Waals surface area contributed by atoms with Gasteiger partial charge < -0.3 is 15.6 Å². The number of carbonyl (C=O) groups excluding carboxylic acids is 1. The molecule has 3 rings (SSSR count). The number of nitrogens with two attached hydrogens (primary N) is 1. The van der Waals surface area contributed by atoms with E-state index < -0.39 is 29.7 Å². The Hall–Kier alpha value is -3.27. The van der Waals surface area contributed by atoms with Crippen LogP contribution in [0.4, 0.5) is 4.79 Å². The standard InChI is InChI=1S/C22H30N6O4/c1-5-6-10-18(20(29)30)28-19(24-25-26-28)16(23)12-14-13-27(21(31)32-22(2,3)4)17-11-8-7-9-15(14)17/h7-9,11,13,16,18H,5-6,10,12,23H2,1-4H3,(H,29,30)/t16-,18?/m0/s1. The number of hydrogen-bond acceptors (Lipinski definition) is 7. The second kappa shape index (κ2) is 9.47. The van der Waals surface area contributed by atoms with Gasteiger partial charge in [0, 0.05) is 11.6 Å². The number of aliphatic carboxylic acids is 1. The normalized spacial score (nSPS) is 13.8. The Labute approximate surface area is 186 Å². The minimum absolute atomic E-state index is 0.294. The average Bonchev–Trinajstić information content (AvgIpc) is 3.32. The van der Waals surface area contributed by atoms with E-state index in [9.17, 15) is 14.7 Å². The Morgan fingerprint density at radius 2 is 1.97 bits per heavy atom. The predicted molar refractivity (Wildman–Crippen MR) is 118 cm³/mol. The molecule has 2 heterocycles. The number of rotatable bonds is 8. The van der Waals surface area contributed by atoms with Crippen LogP contribution in [0.3, 0.4) is 0 Å². The fourth-order valence-electron chi connectivity index (χ4n) is 3.62. The minimum Gasteiger partial charge on any atom is -0.480 e. The van der Waals surface area contributed by atoms with Gasteiger partial charge in [0.15, 0.2) is 11.9 Å². The van der Waals surface area contributed by atoms with Gasteiger partial charge in [0.2, 0.25) is 0 Å². The summed E-state index contributed by atoms with van der Waals surface area (Å²) >= 11 is 0. The molecule has 3 aromatic rings. The lowest BCUT2D eigenvalue weighted by atomic mass is 10.0.